The number of thioether (sulfide) groups is 1. The first kappa shape index (κ1) is 18.2. The number of rotatable bonds is 6. The second-order valence-corrected chi connectivity index (χ2v) is 8.16. The zero-order valence-corrected chi connectivity index (χ0v) is 15.9. The summed E-state index contributed by atoms with van der Waals surface area (Å²) in [6.07, 6.45) is 0. The van der Waals surface area contributed by atoms with Gasteiger partial charge < -0.3 is 5.32 Å². The summed E-state index contributed by atoms with van der Waals surface area (Å²) >= 11 is 3.72. The predicted molar refractivity (Wildman–Crippen MR) is 103 cm³/mol. The van der Waals surface area contributed by atoms with Gasteiger partial charge in [0.15, 0.2) is 4.34 Å². The molecule has 2 heterocycles. The molecule has 0 unspecified atom stereocenters. The second kappa shape index (κ2) is 8.69. The molecule has 0 fully saturated rings. The number of nitrogens with one attached hydrogen (secondary N) is 3. The van der Waals surface area contributed by atoms with Gasteiger partial charge in [0.2, 0.25) is 16.2 Å². The quantitative estimate of drug-likeness (QED) is 0.424. The van der Waals surface area contributed by atoms with Crippen LogP contribution in [0, 0.1) is 6.92 Å². The number of urea groups is 1. The molecule has 1 aromatic carbocycles. The summed E-state index contributed by atoms with van der Waals surface area (Å²) in [6.45, 7) is 1.81. The minimum Gasteiger partial charge on any atom is -0.308 e. The van der Waals surface area contributed by atoms with Gasteiger partial charge in [-0.05, 0) is 19.1 Å². The molecule has 9 nitrogen and oxygen atoms in total. The summed E-state index contributed by atoms with van der Waals surface area (Å²) in [5.41, 5.74) is 0.674. The number of carbonyl (C=O) groups excluding carboxylic acids is 2. The van der Waals surface area contributed by atoms with Crippen LogP contribution < -0.4 is 16.0 Å². The molecule has 3 aromatic rings. The van der Waals surface area contributed by atoms with Gasteiger partial charge in [-0.25, -0.2) is 4.79 Å². The van der Waals surface area contributed by atoms with Crippen LogP contribution in [0.5, 0.6) is 0 Å². The smallest absolute Gasteiger partial charge is 0.308 e. The molecule has 3 N–H and O–H groups in total. The summed E-state index contributed by atoms with van der Waals surface area (Å²) in [5.74, 6) is -0.0543. The first-order chi connectivity index (χ1) is 12.6. The zero-order chi connectivity index (χ0) is 18.4. The van der Waals surface area contributed by atoms with Crippen LogP contribution in [0.3, 0.4) is 0 Å². The maximum atomic E-state index is 11.9. The molecule has 134 valence electrons. The Balaban J connectivity index is 1.45. The Morgan fingerprint density at radius 1 is 0.962 bits per heavy atom. The van der Waals surface area contributed by atoms with Gasteiger partial charge in [0.1, 0.15) is 5.01 Å². The third kappa shape index (κ3) is 5.47. The Hall–Kier alpha value is -2.57. The van der Waals surface area contributed by atoms with Gasteiger partial charge in [0.05, 0.1) is 5.75 Å². The van der Waals surface area contributed by atoms with E-state index in [0.29, 0.717) is 20.3 Å². The van der Waals surface area contributed by atoms with Crippen molar-refractivity contribution in [2.45, 2.75) is 11.3 Å². The molecule has 0 aliphatic rings. The minimum absolute atomic E-state index is 0.156. The lowest BCUT2D eigenvalue weighted by Crippen LogP contribution is -2.19. The number of aryl methyl sites for hydroxylation is 1. The van der Waals surface area contributed by atoms with Gasteiger partial charge >= 0.3 is 6.03 Å². The van der Waals surface area contributed by atoms with Gasteiger partial charge in [0, 0.05) is 5.69 Å². The molecule has 0 saturated heterocycles. The molecule has 0 spiro atoms. The lowest BCUT2D eigenvalue weighted by atomic mass is 10.3. The molecule has 0 radical (unpaired) electrons. The summed E-state index contributed by atoms with van der Waals surface area (Å²) < 4.78 is 0.573. The van der Waals surface area contributed by atoms with E-state index in [4.69, 9.17) is 0 Å². The monoisotopic (exact) mass is 407 g/mol. The van der Waals surface area contributed by atoms with Crippen molar-refractivity contribution in [1.29, 1.82) is 0 Å². The van der Waals surface area contributed by atoms with E-state index in [0.717, 1.165) is 5.01 Å². The number of nitrogens with zero attached hydrogens (tertiary/aromatic N) is 4. The van der Waals surface area contributed by atoms with E-state index in [1.54, 1.807) is 12.1 Å². The lowest BCUT2D eigenvalue weighted by molar-refractivity contribution is -0.113. The largest absolute Gasteiger partial charge is 0.325 e. The average Bonchev–Trinajstić information content (AvgIpc) is 3.22. The average molecular weight is 408 g/mol. The Labute approximate surface area is 160 Å². The van der Waals surface area contributed by atoms with Crippen LogP contribution in [0.1, 0.15) is 5.01 Å². The molecule has 0 aliphatic heterocycles. The fraction of sp³-hybridized carbons (Fsp3) is 0.143. The van der Waals surface area contributed by atoms with Gasteiger partial charge in [-0.3, -0.25) is 15.4 Å². The van der Waals surface area contributed by atoms with Crippen LogP contribution in [0.4, 0.5) is 20.7 Å². The van der Waals surface area contributed by atoms with Crippen molar-refractivity contribution in [1.82, 2.24) is 20.4 Å². The topological polar surface area (TPSA) is 122 Å². The molecule has 0 saturated carbocycles. The summed E-state index contributed by atoms with van der Waals surface area (Å²) in [6, 6.07) is 8.65. The second-order valence-electron chi connectivity index (χ2n) is 4.78. The van der Waals surface area contributed by atoms with Crippen molar-refractivity contribution in [3.63, 3.8) is 0 Å². The van der Waals surface area contributed by atoms with Crippen molar-refractivity contribution < 1.29 is 9.59 Å². The Kier molecular flexibility index (Phi) is 6.09. The van der Waals surface area contributed by atoms with E-state index in [1.165, 1.54) is 34.4 Å². The number of hydrogen-bond acceptors (Lipinski definition) is 9. The van der Waals surface area contributed by atoms with Crippen molar-refractivity contribution in [3.8, 4) is 0 Å². The van der Waals surface area contributed by atoms with Crippen LogP contribution in [-0.2, 0) is 4.79 Å². The highest BCUT2D eigenvalue weighted by molar-refractivity contribution is 8.01. The molecular weight excluding hydrogens is 394 g/mol. The number of para-hydroxylation sites is 1. The Morgan fingerprint density at radius 2 is 1.69 bits per heavy atom. The molecule has 3 rings (SSSR count). The highest BCUT2D eigenvalue weighted by Gasteiger charge is 2.12. The lowest BCUT2D eigenvalue weighted by Gasteiger charge is -2.03. The number of carbonyl (C=O) groups is 2. The van der Waals surface area contributed by atoms with E-state index in [2.05, 4.69) is 36.3 Å². The SMILES string of the molecule is Cc1nnc(NC(=O)CSc2nnc(NC(=O)Nc3ccccc3)s2)s1. The molecule has 3 amide bonds. The Morgan fingerprint density at radius 3 is 2.42 bits per heavy atom. The van der Waals surface area contributed by atoms with E-state index < -0.39 is 6.03 Å². The van der Waals surface area contributed by atoms with Gasteiger partial charge in [-0.15, -0.1) is 20.4 Å². The van der Waals surface area contributed by atoms with Crippen molar-refractivity contribution >= 4 is 62.3 Å². The van der Waals surface area contributed by atoms with Crippen LogP contribution in [-0.4, -0.2) is 38.1 Å². The standard InChI is InChI=1S/C14H13N7O2S3/c1-8-18-19-12(25-8)16-10(22)7-24-14-21-20-13(26-14)17-11(23)15-9-5-3-2-4-6-9/h2-6H,7H2,1H3,(H,16,19,22)(H2,15,17,20,23). The highest BCUT2D eigenvalue weighted by Crippen LogP contribution is 2.26. The fourth-order valence-corrected chi connectivity index (χ4v) is 3.88. The molecule has 12 heteroatoms. The number of benzene rings is 1. The summed E-state index contributed by atoms with van der Waals surface area (Å²) in [4.78, 5) is 23.8. The van der Waals surface area contributed by atoms with E-state index in [-0.39, 0.29) is 11.7 Å². The number of anilines is 3. The van der Waals surface area contributed by atoms with E-state index in [9.17, 15) is 9.59 Å². The van der Waals surface area contributed by atoms with Gasteiger partial charge in [-0.2, -0.15) is 0 Å². The van der Waals surface area contributed by atoms with E-state index in [1.807, 2.05) is 25.1 Å². The molecular formula is C14H13N7O2S3. The number of amides is 3. The normalized spacial score (nSPS) is 10.3. The van der Waals surface area contributed by atoms with Crippen molar-refractivity contribution in [2.75, 3.05) is 21.7 Å². The highest BCUT2D eigenvalue weighted by atomic mass is 32.2. The summed E-state index contributed by atoms with van der Waals surface area (Å²) in [5, 5.41) is 25.0. The van der Waals surface area contributed by atoms with Crippen molar-refractivity contribution in [2.24, 2.45) is 0 Å². The third-order valence-electron chi connectivity index (χ3n) is 2.76. The molecule has 26 heavy (non-hydrogen) atoms. The number of hydrogen-bond donors (Lipinski definition) is 3. The van der Waals surface area contributed by atoms with Crippen LogP contribution in [0.15, 0.2) is 34.7 Å². The maximum Gasteiger partial charge on any atom is 0.325 e. The van der Waals surface area contributed by atoms with Gasteiger partial charge in [0.25, 0.3) is 0 Å². The van der Waals surface area contributed by atoms with Gasteiger partial charge in [-0.1, -0.05) is 52.6 Å². The zero-order valence-electron chi connectivity index (χ0n) is 13.4. The molecule has 0 bridgehead atoms. The maximum absolute atomic E-state index is 11.9. The molecule has 2 aromatic heterocycles. The van der Waals surface area contributed by atoms with E-state index >= 15 is 0 Å². The molecule has 0 aliphatic carbocycles. The van der Waals surface area contributed by atoms with Crippen LogP contribution >= 0.6 is 34.4 Å². The van der Waals surface area contributed by atoms with Crippen LogP contribution in [0.25, 0.3) is 0 Å². The van der Waals surface area contributed by atoms with Crippen LogP contribution in [0.2, 0.25) is 0 Å². The summed E-state index contributed by atoms with van der Waals surface area (Å²) in [7, 11) is 0. The fourth-order valence-electron chi connectivity index (χ4n) is 1.73. The van der Waals surface area contributed by atoms with Crippen molar-refractivity contribution in [3.05, 3.63) is 35.3 Å². The first-order valence-electron chi connectivity index (χ1n) is 7.28. The first-order valence-corrected chi connectivity index (χ1v) is 9.89. The Bertz CT molecular complexity index is 897. The minimum atomic E-state index is -0.409. The predicted octanol–water partition coefficient (Wildman–Crippen LogP) is 3.07. The number of aromatic nitrogens is 4. The molecule has 0 atom stereocenters. The third-order valence-corrected chi connectivity index (χ3v) is 5.48.